The molecule has 0 aromatic heterocycles. The summed E-state index contributed by atoms with van der Waals surface area (Å²) in [5.41, 5.74) is 4.73. The highest BCUT2D eigenvalue weighted by molar-refractivity contribution is 6.02. The number of para-hydroxylation sites is 1. The van der Waals surface area contributed by atoms with Crippen LogP contribution in [0.1, 0.15) is 62.5 Å². The van der Waals surface area contributed by atoms with Gasteiger partial charge in [-0.05, 0) is 31.7 Å². The van der Waals surface area contributed by atoms with E-state index in [4.69, 9.17) is 9.47 Å². The molecule has 0 radical (unpaired) electrons. The van der Waals surface area contributed by atoms with Gasteiger partial charge in [0.25, 0.3) is 11.8 Å². The van der Waals surface area contributed by atoms with Crippen molar-refractivity contribution in [1.29, 1.82) is 0 Å². The van der Waals surface area contributed by atoms with Crippen LogP contribution in [-0.4, -0.2) is 54.8 Å². The molecule has 0 spiro atoms. The van der Waals surface area contributed by atoms with Crippen LogP contribution in [0.15, 0.2) is 71.4 Å². The van der Waals surface area contributed by atoms with Gasteiger partial charge < -0.3 is 20.1 Å². The summed E-state index contributed by atoms with van der Waals surface area (Å²) in [6.45, 7) is 0.688. The lowest BCUT2D eigenvalue weighted by Gasteiger charge is -2.44. The van der Waals surface area contributed by atoms with Crippen molar-refractivity contribution in [3.63, 3.8) is 0 Å². The highest BCUT2D eigenvalue weighted by Gasteiger charge is 2.45. The number of ether oxygens (including phenoxy) is 2. The van der Waals surface area contributed by atoms with E-state index in [0.717, 1.165) is 55.4 Å². The Labute approximate surface area is 235 Å². The van der Waals surface area contributed by atoms with Crippen molar-refractivity contribution in [1.82, 2.24) is 21.1 Å². The number of aliphatic imine (C=N–C) groups is 1. The lowest BCUT2D eigenvalue weighted by atomic mass is 9.64. The maximum absolute atomic E-state index is 13.8. The Morgan fingerprint density at radius 2 is 1.77 bits per heavy atom. The Morgan fingerprint density at radius 3 is 2.50 bits per heavy atom. The first-order valence-electron chi connectivity index (χ1n) is 14.3. The maximum Gasteiger partial charge on any atom is 0.270 e. The maximum atomic E-state index is 13.8. The summed E-state index contributed by atoms with van der Waals surface area (Å²) in [6, 6.07) is 17.8. The van der Waals surface area contributed by atoms with Crippen molar-refractivity contribution >= 4 is 17.6 Å². The Hall–Kier alpha value is -3.85. The zero-order chi connectivity index (χ0) is 27.6. The average Bonchev–Trinajstić information content (AvgIpc) is 3.42. The third kappa shape index (κ3) is 4.94. The van der Waals surface area contributed by atoms with Crippen LogP contribution in [0.3, 0.4) is 0 Å². The van der Waals surface area contributed by atoms with Gasteiger partial charge in [-0.15, -0.1) is 0 Å². The summed E-state index contributed by atoms with van der Waals surface area (Å²) in [7, 11) is 1.70. The molecule has 40 heavy (non-hydrogen) atoms. The molecule has 2 amide bonds. The quantitative estimate of drug-likeness (QED) is 0.447. The monoisotopic (exact) mass is 543 g/mol. The van der Waals surface area contributed by atoms with Crippen LogP contribution in [0.4, 0.5) is 0 Å². The molecule has 2 aliphatic heterocycles. The molecule has 0 bridgehead atoms. The Bertz CT molecular complexity index is 1310. The fourth-order valence-electron chi connectivity index (χ4n) is 6.32. The van der Waals surface area contributed by atoms with E-state index in [0.29, 0.717) is 30.9 Å². The number of nitrogens with one attached hydrogen (secondary N) is 3. The zero-order valence-corrected chi connectivity index (χ0v) is 22.9. The molecule has 6 rings (SSSR count). The number of amides is 2. The Kier molecular flexibility index (Phi) is 7.23. The summed E-state index contributed by atoms with van der Waals surface area (Å²) < 4.78 is 12.1. The minimum absolute atomic E-state index is 0.0651. The number of hydrazine groups is 1. The molecule has 9 nitrogen and oxygen atoms in total. The molecule has 2 fully saturated rings. The smallest absolute Gasteiger partial charge is 0.270 e. The summed E-state index contributed by atoms with van der Waals surface area (Å²) in [5.74, 6) is 1.23. The number of benzene rings is 2. The number of amidine groups is 1. The molecule has 1 unspecified atom stereocenters. The van der Waals surface area contributed by atoms with Gasteiger partial charge in [-0.25, -0.2) is 10.0 Å². The Balaban J connectivity index is 1.13. The van der Waals surface area contributed by atoms with Crippen molar-refractivity contribution in [2.45, 2.75) is 68.7 Å². The second-order valence-electron chi connectivity index (χ2n) is 11.2. The van der Waals surface area contributed by atoms with Gasteiger partial charge in [0, 0.05) is 34.9 Å². The second kappa shape index (κ2) is 11.0. The number of hydrogen-bond acceptors (Lipinski definition) is 7. The van der Waals surface area contributed by atoms with Crippen LogP contribution >= 0.6 is 0 Å². The molecule has 2 heterocycles. The van der Waals surface area contributed by atoms with Gasteiger partial charge in [-0.2, -0.15) is 0 Å². The van der Waals surface area contributed by atoms with Crippen LogP contribution in [0, 0.1) is 0 Å². The Morgan fingerprint density at radius 1 is 1.02 bits per heavy atom. The number of fused-ring (bicyclic) bond motifs is 1. The van der Waals surface area contributed by atoms with Gasteiger partial charge in [0.05, 0.1) is 13.7 Å². The van der Waals surface area contributed by atoms with Crippen LogP contribution in [0.5, 0.6) is 5.75 Å². The van der Waals surface area contributed by atoms with E-state index in [1.165, 1.54) is 11.1 Å². The first-order valence-corrected chi connectivity index (χ1v) is 14.3. The second-order valence-corrected chi connectivity index (χ2v) is 11.2. The fraction of sp³-hybridized carbons (Fsp3) is 0.452. The largest absolute Gasteiger partial charge is 0.496 e. The SMILES string of the molecule is COc1ccccc1C1(CNC(=O)C2(OCC3=CC(=O)N4NC(c5ccccc5)=NC4N3)CCCCC2)CCC1. The van der Waals surface area contributed by atoms with Gasteiger partial charge in [0.15, 0.2) is 5.84 Å². The van der Waals surface area contributed by atoms with E-state index in [-0.39, 0.29) is 23.8 Å². The van der Waals surface area contributed by atoms with Crippen molar-refractivity contribution in [2.75, 3.05) is 20.3 Å². The van der Waals surface area contributed by atoms with Crippen molar-refractivity contribution in [2.24, 2.45) is 4.99 Å². The first-order chi connectivity index (χ1) is 19.5. The molecular formula is C31H37N5O4. The molecule has 2 aliphatic carbocycles. The van der Waals surface area contributed by atoms with Gasteiger partial charge >= 0.3 is 0 Å². The van der Waals surface area contributed by atoms with Gasteiger partial charge in [-0.1, -0.05) is 74.2 Å². The van der Waals surface area contributed by atoms with Gasteiger partial charge in [0.1, 0.15) is 11.4 Å². The van der Waals surface area contributed by atoms with E-state index in [1.807, 2.05) is 48.5 Å². The molecule has 4 aliphatic rings. The van der Waals surface area contributed by atoms with Crippen molar-refractivity contribution in [3.8, 4) is 5.75 Å². The summed E-state index contributed by atoms with van der Waals surface area (Å²) in [6.07, 6.45) is 8.38. The predicted octanol–water partition coefficient (Wildman–Crippen LogP) is 3.52. The van der Waals surface area contributed by atoms with Crippen molar-refractivity contribution < 1.29 is 19.1 Å². The molecule has 2 saturated carbocycles. The van der Waals surface area contributed by atoms with Gasteiger partial charge in [-0.3, -0.25) is 15.0 Å². The lowest BCUT2D eigenvalue weighted by Crippen LogP contribution is -2.56. The molecule has 3 N–H and O–H groups in total. The van der Waals surface area contributed by atoms with Crippen LogP contribution in [0.2, 0.25) is 0 Å². The number of carbonyl (C=O) groups is 2. The third-order valence-corrected chi connectivity index (χ3v) is 8.77. The van der Waals surface area contributed by atoms with Crippen LogP contribution in [-0.2, 0) is 19.7 Å². The van der Waals surface area contributed by atoms with E-state index in [2.05, 4.69) is 27.1 Å². The van der Waals surface area contributed by atoms with Crippen LogP contribution < -0.4 is 20.8 Å². The summed E-state index contributed by atoms with van der Waals surface area (Å²) in [4.78, 5) is 31.4. The lowest BCUT2D eigenvalue weighted by molar-refractivity contribution is -0.151. The number of carbonyl (C=O) groups excluding carboxylic acids is 2. The standard InChI is InChI=1S/C31H37N5O4/c1-39-25-14-7-6-13-24(25)30(15-10-16-30)21-32-28(38)31(17-8-3-9-18-31)40-20-23-19-26(37)36-29(33-23)34-27(35-36)22-11-4-2-5-12-22/h2,4-7,11-14,19,29,33H,3,8-10,15-18,20-21H2,1H3,(H,32,38)(H,34,35). The average molecular weight is 544 g/mol. The number of rotatable bonds is 9. The third-order valence-electron chi connectivity index (χ3n) is 8.77. The molecule has 210 valence electrons. The van der Waals surface area contributed by atoms with Gasteiger partial charge in [0.2, 0.25) is 6.29 Å². The van der Waals surface area contributed by atoms with E-state index in [1.54, 1.807) is 7.11 Å². The predicted molar refractivity (Wildman–Crippen MR) is 151 cm³/mol. The highest BCUT2D eigenvalue weighted by Crippen LogP contribution is 2.47. The minimum Gasteiger partial charge on any atom is -0.496 e. The normalized spacial score (nSPS) is 22.6. The topological polar surface area (TPSA) is 104 Å². The van der Waals surface area contributed by atoms with E-state index >= 15 is 0 Å². The number of methoxy groups -OCH3 is 1. The molecular weight excluding hydrogens is 506 g/mol. The fourth-order valence-corrected chi connectivity index (χ4v) is 6.32. The molecule has 2 aromatic rings. The summed E-state index contributed by atoms with van der Waals surface area (Å²) in [5, 5.41) is 8.04. The minimum atomic E-state index is -0.918. The van der Waals surface area contributed by atoms with Crippen LogP contribution in [0.25, 0.3) is 0 Å². The molecule has 9 heteroatoms. The number of hydrogen-bond donors (Lipinski definition) is 3. The van der Waals surface area contributed by atoms with E-state index < -0.39 is 11.9 Å². The highest BCUT2D eigenvalue weighted by atomic mass is 16.5. The number of nitrogens with zero attached hydrogens (tertiary/aromatic N) is 2. The summed E-state index contributed by atoms with van der Waals surface area (Å²) >= 11 is 0. The molecule has 2 aromatic carbocycles. The molecule has 0 saturated heterocycles. The van der Waals surface area contributed by atoms with Crippen molar-refractivity contribution in [3.05, 3.63) is 77.5 Å². The van der Waals surface area contributed by atoms with E-state index in [9.17, 15) is 9.59 Å². The zero-order valence-electron chi connectivity index (χ0n) is 22.9. The first kappa shape index (κ1) is 26.4. The molecule has 1 atom stereocenters.